The van der Waals surface area contributed by atoms with Gasteiger partial charge in [0.2, 0.25) is 11.9 Å². The van der Waals surface area contributed by atoms with E-state index in [9.17, 15) is 14.0 Å². The van der Waals surface area contributed by atoms with Crippen LogP contribution >= 0.6 is 0 Å². The second-order valence-corrected chi connectivity index (χ2v) is 6.06. The summed E-state index contributed by atoms with van der Waals surface area (Å²) < 4.78 is 19.4. The van der Waals surface area contributed by atoms with Crippen molar-refractivity contribution >= 4 is 23.2 Å². The minimum atomic E-state index is -0.400. The normalized spacial score (nSPS) is 10.4. The fourth-order valence-corrected chi connectivity index (χ4v) is 2.58. The average molecular weight is 382 g/mol. The zero-order valence-electron chi connectivity index (χ0n) is 15.4. The molecule has 28 heavy (non-hydrogen) atoms. The maximum atomic E-state index is 13.1. The topological polar surface area (TPSA) is 85.2 Å². The van der Waals surface area contributed by atoms with Crippen molar-refractivity contribution in [3.63, 3.8) is 0 Å². The number of rotatable bonds is 6. The molecule has 0 atom stereocenters. The minimum Gasteiger partial charge on any atom is -0.497 e. The molecule has 0 radical (unpaired) electrons. The molecular formula is C20H19FN4O3. The first-order valence-corrected chi connectivity index (χ1v) is 8.49. The first-order chi connectivity index (χ1) is 13.4. The van der Waals surface area contributed by atoms with Gasteiger partial charge in [0.25, 0.3) is 5.56 Å². The number of anilines is 3. The number of nitrogens with one attached hydrogen (secondary N) is 2. The standard InChI is InChI=1S/C20H19FN4O3/c1-13-10-19(27)25(20(22-13)24-15-8-6-14(21)7-9-15)12-18(26)23-16-4-3-5-17(11-16)28-2/h3-11H,12H2,1-2H3,(H,22,24)(H,23,26). The molecule has 0 fully saturated rings. The van der Waals surface area contributed by atoms with Gasteiger partial charge in [-0.2, -0.15) is 0 Å². The summed E-state index contributed by atoms with van der Waals surface area (Å²) in [4.78, 5) is 29.2. The predicted molar refractivity (Wildman–Crippen MR) is 105 cm³/mol. The van der Waals surface area contributed by atoms with Crippen molar-refractivity contribution < 1.29 is 13.9 Å². The third-order valence-corrected chi connectivity index (χ3v) is 3.89. The summed E-state index contributed by atoms with van der Waals surface area (Å²) in [5, 5.41) is 5.68. The Balaban J connectivity index is 1.83. The Morgan fingerprint density at radius 2 is 1.89 bits per heavy atom. The summed E-state index contributed by atoms with van der Waals surface area (Å²) in [7, 11) is 1.53. The lowest BCUT2D eigenvalue weighted by Crippen LogP contribution is -2.30. The van der Waals surface area contributed by atoms with Crippen LogP contribution in [0.5, 0.6) is 5.75 Å². The fourth-order valence-electron chi connectivity index (χ4n) is 2.58. The van der Waals surface area contributed by atoms with Crippen LogP contribution in [0, 0.1) is 12.7 Å². The molecule has 0 aliphatic rings. The number of ether oxygens (including phenoxy) is 1. The van der Waals surface area contributed by atoms with Crippen LogP contribution in [0.2, 0.25) is 0 Å². The summed E-state index contributed by atoms with van der Waals surface area (Å²) in [6, 6.07) is 13.8. The molecule has 1 aromatic heterocycles. The Morgan fingerprint density at radius 1 is 1.14 bits per heavy atom. The molecule has 2 aromatic carbocycles. The van der Waals surface area contributed by atoms with Crippen LogP contribution < -0.4 is 20.9 Å². The van der Waals surface area contributed by atoms with Crippen molar-refractivity contribution in [1.29, 1.82) is 0 Å². The Labute approximate surface area is 160 Å². The summed E-state index contributed by atoms with van der Waals surface area (Å²) in [6.45, 7) is 1.44. The smallest absolute Gasteiger partial charge is 0.255 e. The Bertz CT molecular complexity index is 1050. The van der Waals surface area contributed by atoms with E-state index >= 15 is 0 Å². The van der Waals surface area contributed by atoms with Crippen LogP contribution in [0.4, 0.5) is 21.7 Å². The van der Waals surface area contributed by atoms with Crippen LogP contribution in [0.15, 0.2) is 59.4 Å². The highest BCUT2D eigenvalue weighted by Crippen LogP contribution is 2.17. The monoisotopic (exact) mass is 382 g/mol. The molecule has 0 saturated carbocycles. The number of amides is 1. The van der Waals surface area contributed by atoms with Gasteiger partial charge in [0, 0.05) is 29.2 Å². The Kier molecular flexibility index (Phi) is 5.69. The van der Waals surface area contributed by atoms with Crippen LogP contribution in [0.1, 0.15) is 5.69 Å². The molecule has 7 nitrogen and oxygen atoms in total. The van der Waals surface area contributed by atoms with Crippen molar-refractivity contribution in [2.24, 2.45) is 0 Å². The molecular weight excluding hydrogens is 363 g/mol. The van der Waals surface area contributed by atoms with Crippen molar-refractivity contribution in [3.05, 3.63) is 76.5 Å². The largest absolute Gasteiger partial charge is 0.497 e. The lowest BCUT2D eigenvalue weighted by atomic mass is 10.3. The number of aromatic nitrogens is 2. The van der Waals surface area contributed by atoms with Gasteiger partial charge in [-0.25, -0.2) is 9.37 Å². The fraction of sp³-hybridized carbons (Fsp3) is 0.150. The van der Waals surface area contributed by atoms with E-state index < -0.39 is 5.91 Å². The number of nitrogens with zero attached hydrogens (tertiary/aromatic N) is 2. The zero-order valence-corrected chi connectivity index (χ0v) is 15.4. The molecule has 0 aliphatic heterocycles. The Hall–Kier alpha value is -3.68. The molecule has 3 rings (SSSR count). The summed E-state index contributed by atoms with van der Waals surface area (Å²) in [5.74, 6) is 0.0176. The number of carbonyl (C=O) groups excluding carboxylic acids is 1. The molecule has 0 bridgehead atoms. The molecule has 2 N–H and O–H groups in total. The quantitative estimate of drug-likeness (QED) is 0.684. The molecule has 1 heterocycles. The van der Waals surface area contributed by atoms with E-state index in [4.69, 9.17) is 4.74 Å². The molecule has 0 aliphatic carbocycles. The van der Waals surface area contributed by atoms with Gasteiger partial charge in [0.1, 0.15) is 18.1 Å². The van der Waals surface area contributed by atoms with E-state index in [1.54, 1.807) is 31.2 Å². The molecule has 0 spiro atoms. The minimum absolute atomic E-state index is 0.192. The SMILES string of the molecule is COc1cccc(NC(=O)Cn2c(Nc3ccc(F)cc3)nc(C)cc2=O)c1. The van der Waals surface area contributed by atoms with Crippen molar-refractivity contribution in [1.82, 2.24) is 9.55 Å². The number of hydrogen-bond acceptors (Lipinski definition) is 5. The van der Waals surface area contributed by atoms with Gasteiger partial charge >= 0.3 is 0 Å². The first kappa shape index (κ1) is 19.1. The van der Waals surface area contributed by atoms with Crippen LogP contribution in [-0.2, 0) is 11.3 Å². The number of hydrogen-bond donors (Lipinski definition) is 2. The second kappa shape index (κ2) is 8.34. The van der Waals surface area contributed by atoms with Gasteiger partial charge in [-0.05, 0) is 43.3 Å². The number of halogens is 1. The van der Waals surface area contributed by atoms with Gasteiger partial charge in [-0.15, -0.1) is 0 Å². The molecule has 0 saturated heterocycles. The van der Waals surface area contributed by atoms with Gasteiger partial charge in [0.05, 0.1) is 7.11 Å². The number of benzene rings is 2. The molecule has 0 unspecified atom stereocenters. The number of methoxy groups -OCH3 is 1. The lowest BCUT2D eigenvalue weighted by molar-refractivity contribution is -0.116. The zero-order chi connectivity index (χ0) is 20.1. The second-order valence-electron chi connectivity index (χ2n) is 6.06. The van der Waals surface area contributed by atoms with Crippen LogP contribution in [-0.4, -0.2) is 22.6 Å². The van der Waals surface area contributed by atoms with Gasteiger partial charge < -0.3 is 15.4 Å². The molecule has 1 amide bonds. The first-order valence-electron chi connectivity index (χ1n) is 8.49. The average Bonchev–Trinajstić information content (AvgIpc) is 2.66. The van der Waals surface area contributed by atoms with Gasteiger partial charge in [0.15, 0.2) is 0 Å². The van der Waals surface area contributed by atoms with Gasteiger partial charge in [-0.1, -0.05) is 6.07 Å². The third kappa shape index (κ3) is 4.73. The lowest BCUT2D eigenvalue weighted by Gasteiger charge is -2.14. The van der Waals surface area contributed by atoms with E-state index in [0.29, 0.717) is 22.8 Å². The Morgan fingerprint density at radius 3 is 2.61 bits per heavy atom. The summed E-state index contributed by atoms with van der Waals surface area (Å²) >= 11 is 0. The highest BCUT2D eigenvalue weighted by atomic mass is 19.1. The van der Waals surface area contributed by atoms with E-state index in [-0.39, 0.29) is 23.9 Å². The van der Waals surface area contributed by atoms with Crippen molar-refractivity contribution in [2.75, 3.05) is 17.7 Å². The highest BCUT2D eigenvalue weighted by Gasteiger charge is 2.12. The van der Waals surface area contributed by atoms with E-state index in [1.807, 2.05) is 0 Å². The van der Waals surface area contributed by atoms with Crippen molar-refractivity contribution in [3.8, 4) is 5.75 Å². The maximum absolute atomic E-state index is 13.1. The van der Waals surface area contributed by atoms with Crippen molar-refractivity contribution in [2.45, 2.75) is 13.5 Å². The van der Waals surface area contributed by atoms with Crippen LogP contribution in [0.25, 0.3) is 0 Å². The number of aryl methyl sites for hydroxylation is 1. The van der Waals surface area contributed by atoms with E-state index in [2.05, 4.69) is 15.6 Å². The predicted octanol–water partition coefficient (Wildman–Crippen LogP) is 3.08. The molecule has 3 aromatic rings. The summed E-state index contributed by atoms with van der Waals surface area (Å²) in [5.41, 5.74) is 1.21. The molecule has 8 heteroatoms. The van der Waals surface area contributed by atoms with Gasteiger partial charge in [-0.3, -0.25) is 14.2 Å². The van der Waals surface area contributed by atoms with E-state index in [0.717, 1.165) is 0 Å². The number of carbonyl (C=O) groups is 1. The maximum Gasteiger partial charge on any atom is 0.255 e. The highest BCUT2D eigenvalue weighted by molar-refractivity contribution is 5.91. The third-order valence-electron chi connectivity index (χ3n) is 3.89. The molecule has 144 valence electrons. The van der Waals surface area contributed by atoms with Crippen LogP contribution in [0.3, 0.4) is 0 Å². The van der Waals surface area contributed by atoms with E-state index in [1.165, 1.54) is 42.0 Å². The summed E-state index contributed by atoms with van der Waals surface area (Å²) in [6.07, 6.45) is 0.